The molecule has 0 atom stereocenters. The Kier molecular flexibility index (Phi) is 9.95. The number of halogens is 3. The first kappa shape index (κ1) is 29.6. The average Bonchev–Trinajstić information content (AvgIpc) is 2.97. The number of amides is 1. The third kappa shape index (κ3) is 8.30. The fourth-order valence-corrected chi connectivity index (χ4v) is 4.41. The number of unbranched alkanes of at least 4 members (excludes halogenated alkanes) is 2. The van der Waals surface area contributed by atoms with Gasteiger partial charge in [-0.25, -0.2) is 4.98 Å². The molecule has 0 saturated heterocycles. The fraction of sp³-hybridized carbons (Fsp3) is 0.281. The van der Waals surface area contributed by atoms with E-state index in [2.05, 4.69) is 22.5 Å². The molecule has 0 spiro atoms. The summed E-state index contributed by atoms with van der Waals surface area (Å²) in [6, 6.07) is 22.9. The number of nitrogens with one attached hydrogen (secondary N) is 2. The van der Waals surface area contributed by atoms with Crippen LogP contribution in [0.15, 0.2) is 89.7 Å². The Labute approximate surface area is 237 Å². The Hall–Kier alpha value is -4.40. The molecular formula is C32H33F3N4O2. The smallest absolute Gasteiger partial charge is 0.356 e. The van der Waals surface area contributed by atoms with Gasteiger partial charge in [-0.05, 0) is 48.2 Å². The lowest BCUT2D eigenvalue weighted by molar-refractivity contribution is -0.137. The van der Waals surface area contributed by atoms with Gasteiger partial charge in [0.2, 0.25) is 5.95 Å². The van der Waals surface area contributed by atoms with Gasteiger partial charge in [0, 0.05) is 30.3 Å². The van der Waals surface area contributed by atoms with Crippen LogP contribution >= 0.6 is 0 Å². The van der Waals surface area contributed by atoms with E-state index in [0.717, 1.165) is 42.5 Å². The highest BCUT2D eigenvalue weighted by atomic mass is 19.4. The highest BCUT2D eigenvalue weighted by Gasteiger charge is 2.30. The molecule has 9 heteroatoms. The number of aromatic nitrogens is 2. The van der Waals surface area contributed by atoms with Gasteiger partial charge in [-0.15, -0.1) is 0 Å². The molecule has 1 aromatic heterocycles. The van der Waals surface area contributed by atoms with Gasteiger partial charge in [-0.3, -0.25) is 14.2 Å². The van der Waals surface area contributed by atoms with E-state index in [9.17, 15) is 22.8 Å². The van der Waals surface area contributed by atoms with Crippen LogP contribution in [0.5, 0.6) is 0 Å². The number of rotatable bonds is 12. The monoisotopic (exact) mass is 562 g/mol. The van der Waals surface area contributed by atoms with Crippen LogP contribution in [0.2, 0.25) is 0 Å². The SMILES string of the molecule is CCCCCNc1nc(-c2ccc(C(F)(F)F)cc2)cc(=O)n1Cc1cccc(C(=O)NCCc2ccccc2)c1. The van der Waals surface area contributed by atoms with E-state index in [0.29, 0.717) is 36.6 Å². The molecule has 0 saturated carbocycles. The van der Waals surface area contributed by atoms with E-state index < -0.39 is 11.7 Å². The van der Waals surface area contributed by atoms with Gasteiger partial charge in [-0.2, -0.15) is 13.2 Å². The van der Waals surface area contributed by atoms with Crippen molar-refractivity contribution in [2.45, 2.75) is 45.3 Å². The second-order valence-electron chi connectivity index (χ2n) is 9.79. The maximum atomic E-state index is 13.3. The van der Waals surface area contributed by atoms with Gasteiger partial charge in [0.25, 0.3) is 11.5 Å². The lowest BCUT2D eigenvalue weighted by atomic mass is 10.1. The van der Waals surface area contributed by atoms with Crippen LogP contribution in [0.3, 0.4) is 0 Å². The highest BCUT2D eigenvalue weighted by Crippen LogP contribution is 2.30. The number of carbonyl (C=O) groups excluding carboxylic acids is 1. The summed E-state index contributed by atoms with van der Waals surface area (Å²) in [5.41, 5.74) is 1.92. The van der Waals surface area contributed by atoms with Crippen LogP contribution in [0.1, 0.15) is 53.2 Å². The van der Waals surface area contributed by atoms with Gasteiger partial charge in [-0.1, -0.05) is 74.4 Å². The normalized spacial score (nSPS) is 11.3. The second kappa shape index (κ2) is 13.8. The number of hydrogen-bond donors (Lipinski definition) is 2. The van der Waals surface area contributed by atoms with E-state index >= 15 is 0 Å². The Morgan fingerprint density at radius 2 is 1.61 bits per heavy atom. The molecule has 1 heterocycles. The Bertz CT molecular complexity index is 1500. The van der Waals surface area contributed by atoms with Gasteiger partial charge >= 0.3 is 6.18 Å². The first-order chi connectivity index (χ1) is 19.7. The van der Waals surface area contributed by atoms with E-state index in [1.165, 1.54) is 22.8 Å². The van der Waals surface area contributed by atoms with Crippen LogP contribution in [0.25, 0.3) is 11.3 Å². The second-order valence-corrected chi connectivity index (χ2v) is 9.79. The van der Waals surface area contributed by atoms with E-state index in [4.69, 9.17) is 0 Å². The molecule has 4 rings (SSSR count). The van der Waals surface area contributed by atoms with E-state index in [1.54, 1.807) is 18.2 Å². The topological polar surface area (TPSA) is 76.0 Å². The number of hydrogen-bond acceptors (Lipinski definition) is 4. The van der Waals surface area contributed by atoms with Crippen molar-refractivity contribution >= 4 is 11.9 Å². The molecule has 0 aliphatic rings. The summed E-state index contributed by atoms with van der Waals surface area (Å²) in [5.74, 6) is 0.116. The van der Waals surface area contributed by atoms with Gasteiger partial charge in [0.05, 0.1) is 17.8 Å². The molecule has 2 N–H and O–H groups in total. The molecule has 214 valence electrons. The Morgan fingerprint density at radius 1 is 0.878 bits per heavy atom. The first-order valence-electron chi connectivity index (χ1n) is 13.7. The molecule has 0 unspecified atom stereocenters. The molecule has 1 amide bonds. The van der Waals surface area contributed by atoms with E-state index in [1.807, 2.05) is 36.4 Å². The summed E-state index contributed by atoms with van der Waals surface area (Å²) in [6.45, 7) is 3.33. The zero-order valence-corrected chi connectivity index (χ0v) is 22.9. The van der Waals surface area contributed by atoms with Gasteiger partial charge < -0.3 is 10.6 Å². The third-order valence-electron chi connectivity index (χ3n) is 6.65. The minimum Gasteiger partial charge on any atom is -0.356 e. The van der Waals surface area contributed by atoms with Crippen molar-refractivity contribution in [3.8, 4) is 11.3 Å². The van der Waals surface area contributed by atoms with Crippen molar-refractivity contribution in [3.63, 3.8) is 0 Å². The molecule has 4 aromatic rings. The summed E-state index contributed by atoms with van der Waals surface area (Å²) in [4.78, 5) is 30.7. The number of alkyl halides is 3. The highest BCUT2D eigenvalue weighted by molar-refractivity contribution is 5.94. The van der Waals surface area contributed by atoms with Crippen molar-refractivity contribution in [3.05, 3.63) is 118 Å². The van der Waals surface area contributed by atoms with E-state index in [-0.39, 0.29) is 23.7 Å². The first-order valence-corrected chi connectivity index (χ1v) is 13.7. The molecule has 3 aromatic carbocycles. The van der Waals surface area contributed by atoms with Gasteiger partial charge in [0.15, 0.2) is 0 Å². The average molecular weight is 563 g/mol. The van der Waals surface area contributed by atoms with Crippen LogP contribution < -0.4 is 16.2 Å². The molecule has 0 aliphatic heterocycles. The van der Waals surface area contributed by atoms with Crippen molar-refractivity contribution in [1.82, 2.24) is 14.9 Å². The number of anilines is 1. The van der Waals surface area contributed by atoms with Crippen molar-refractivity contribution in [2.75, 3.05) is 18.4 Å². The molecule has 0 radical (unpaired) electrons. The van der Waals surface area contributed by atoms with Crippen LogP contribution in [-0.2, 0) is 19.1 Å². The molecule has 41 heavy (non-hydrogen) atoms. The fourth-order valence-electron chi connectivity index (χ4n) is 4.41. The third-order valence-corrected chi connectivity index (χ3v) is 6.65. The van der Waals surface area contributed by atoms with Gasteiger partial charge in [0.1, 0.15) is 0 Å². The van der Waals surface area contributed by atoms with Crippen LogP contribution in [0.4, 0.5) is 19.1 Å². The summed E-state index contributed by atoms with van der Waals surface area (Å²) in [6.07, 6.45) is -0.846. The minimum atomic E-state index is -4.45. The number of benzene rings is 3. The molecule has 0 bridgehead atoms. The zero-order valence-electron chi connectivity index (χ0n) is 22.9. The van der Waals surface area contributed by atoms with Crippen LogP contribution in [-0.4, -0.2) is 28.5 Å². The standard InChI is InChI=1S/C32H33F3N4O2/c1-2-3-7-18-37-31-38-28(25-13-15-27(16-14-25)32(33,34)35)21-29(40)39(31)22-24-11-8-12-26(20-24)30(41)36-19-17-23-9-5-4-6-10-23/h4-6,8-16,20-21H,2-3,7,17-19,22H2,1H3,(H,36,41)(H,37,38). The molecular weight excluding hydrogens is 529 g/mol. The zero-order chi connectivity index (χ0) is 29.2. The molecule has 0 fully saturated rings. The number of carbonyl (C=O) groups is 1. The van der Waals surface area contributed by atoms with Crippen molar-refractivity contribution in [1.29, 1.82) is 0 Å². The quantitative estimate of drug-likeness (QED) is 0.192. The summed E-state index contributed by atoms with van der Waals surface area (Å²) in [5, 5.41) is 6.17. The minimum absolute atomic E-state index is 0.167. The Morgan fingerprint density at radius 3 is 2.32 bits per heavy atom. The maximum Gasteiger partial charge on any atom is 0.416 e. The van der Waals surface area contributed by atoms with Crippen LogP contribution in [0, 0.1) is 0 Å². The maximum absolute atomic E-state index is 13.3. The summed E-state index contributed by atoms with van der Waals surface area (Å²) >= 11 is 0. The number of nitrogens with zero attached hydrogens (tertiary/aromatic N) is 2. The Balaban J connectivity index is 1.54. The molecule has 0 aliphatic carbocycles. The largest absolute Gasteiger partial charge is 0.416 e. The predicted octanol–water partition coefficient (Wildman–Crippen LogP) is 6.55. The van der Waals surface area contributed by atoms with Crippen molar-refractivity contribution < 1.29 is 18.0 Å². The summed E-state index contributed by atoms with van der Waals surface area (Å²) < 4.78 is 40.5. The lowest BCUT2D eigenvalue weighted by Crippen LogP contribution is -2.27. The lowest BCUT2D eigenvalue weighted by Gasteiger charge is -2.16. The predicted molar refractivity (Wildman–Crippen MR) is 155 cm³/mol. The summed E-state index contributed by atoms with van der Waals surface area (Å²) in [7, 11) is 0. The molecule has 6 nitrogen and oxygen atoms in total. The van der Waals surface area contributed by atoms with Crippen molar-refractivity contribution in [2.24, 2.45) is 0 Å².